The van der Waals surface area contributed by atoms with E-state index in [0.717, 1.165) is 0 Å². The minimum Gasteiger partial charge on any atom is -0.103 e. The molecule has 0 saturated heterocycles. The first-order valence-electron chi connectivity index (χ1n) is 5.23. The van der Waals surface area contributed by atoms with Gasteiger partial charge < -0.3 is 0 Å². The third kappa shape index (κ3) is 11000. The summed E-state index contributed by atoms with van der Waals surface area (Å²) in [4.78, 5) is 0. The van der Waals surface area contributed by atoms with Crippen LogP contribution >= 0.6 is 0 Å². The van der Waals surface area contributed by atoms with Crippen molar-refractivity contribution in [1.29, 1.82) is 0 Å². The molecule has 0 nitrogen and oxygen atoms in total. The molecule has 0 aromatic carbocycles. The minimum atomic E-state index is 1.25. The lowest BCUT2D eigenvalue weighted by Gasteiger charge is -1.48. The molecule has 12 heavy (non-hydrogen) atoms. The molecule has 78 valence electrons. The van der Waals surface area contributed by atoms with Gasteiger partial charge in [0.15, 0.2) is 0 Å². The molecule has 0 heteroatoms. The summed E-state index contributed by atoms with van der Waals surface area (Å²) in [7, 11) is 0. The zero-order valence-electron chi connectivity index (χ0n) is 10.4. The van der Waals surface area contributed by atoms with Crippen molar-refractivity contribution in [2.75, 3.05) is 0 Å². The molecule has 0 atom stereocenters. The molecule has 0 aliphatic carbocycles. The zero-order valence-corrected chi connectivity index (χ0v) is 10.4. The van der Waals surface area contributed by atoms with E-state index in [1.807, 2.05) is 6.92 Å². The highest BCUT2D eigenvalue weighted by molar-refractivity contribution is 4.51. The third-order valence-electron chi connectivity index (χ3n) is 0. The maximum absolute atomic E-state index is 3.36. The molecule has 0 unspecified atom stereocenters. The summed E-state index contributed by atoms with van der Waals surface area (Å²) >= 11 is 0. The average molecular weight is 174 g/mol. The maximum Gasteiger partial charge on any atom is -0.0473 e. The van der Waals surface area contributed by atoms with Crippen molar-refractivity contribution in [3.63, 3.8) is 0 Å². The fourth-order valence-electron chi connectivity index (χ4n) is 0. The van der Waals surface area contributed by atoms with E-state index in [-0.39, 0.29) is 0 Å². The van der Waals surface area contributed by atoms with Crippen LogP contribution in [-0.4, -0.2) is 0 Å². The van der Waals surface area contributed by atoms with Gasteiger partial charge in [0.25, 0.3) is 0 Å². The highest BCUT2D eigenvalue weighted by Gasteiger charge is 1.36. The predicted molar refractivity (Wildman–Crippen MR) is 63.8 cm³/mol. The molecule has 0 N–H and O–H groups in total. The first kappa shape index (κ1) is 22.6. The molecule has 0 spiro atoms. The van der Waals surface area contributed by atoms with E-state index >= 15 is 0 Å². The van der Waals surface area contributed by atoms with Crippen LogP contribution in [0.3, 0.4) is 0 Å². The molecule has 0 aliphatic rings. The van der Waals surface area contributed by atoms with Gasteiger partial charge in [-0.1, -0.05) is 66.9 Å². The molecule has 0 heterocycles. The van der Waals surface area contributed by atoms with Crippen molar-refractivity contribution in [2.45, 2.75) is 67.7 Å². The monoisotopic (exact) mass is 174 g/mol. The molecule has 0 bridgehead atoms. The Bertz CT molecular complexity index is 24.3. The van der Waals surface area contributed by atoms with Crippen LogP contribution in [0.25, 0.3) is 0 Å². The van der Waals surface area contributed by atoms with Crippen molar-refractivity contribution in [3.05, 3.63) is 12.7 Å². The lowest BCUT2D eigenvalue weighted by molar-refractivity contribution is 1.09. The van der Waals surface area contributed by atoms with E-state index in [1.165, 1.54) is 19.3 Å². The predicted octanol–water partition coefficient (Wildman–Crippen LogP) is 5.44. The van der Waals surface area contributed by atoms with Crippen LogP contribution in [0.1, 0.15) is 67.7 Å². The summed E-state index contributed by atoms with van der Waals surface area (Å²) in [5.74, 6) is 0. The molecular formula is C12H30. The van der Waals surface area contributed by atoms with Gasteiger partial charge in [0.1, 0.15) is 0 Å². The van der Waals surface area contributed by atoms with Crippen molar-refractivity contribution in [3.8, 4) is 0 Å². The summed E-state index contributed by atoms with van der Waals surface area (Å²) < 4.78 is 0. The molecule has 0 rings (SSSR count). The van der Waals surface area contributed by atoms with Crippen LogP contribution in [0.15, 0.2) is 12.7 Å². The smallest absolute Gasteiger partial charge is 0.0473 e. The first-order chi connectivity index (χ1) is 5.66. The third-order valence-corrected chi connectivity index (χ3v) is 0. The Hall–Kier alpha value is -0.260. The SMILES string of the molecule is C=CC.CCC.CCC.CCC. The van der Waals surface area contributed by atoms with Gasteiger partial charge in [0, 0.05) is 0 Å². The summed E-state index contributed by atoms with van der Waals surface area (Å²) in [6, 6.07) is 0. The second-order valence-corrected chi connectivity index (χ2v) is 2.53. The summed E-state index contributed by atoms with van der Waals surface area (Å²) in [5.41, 5.74) is 0. The van der Waals surface area contributed by atoms with Crippen LogP contribution in [0.4, 0.5) is 0 Å². The number of hydrogen-bond acceptors (Lipinski definition) is 0. The highest BCUT2D eigenvalue weighted by atomic mass is 13.4. The fourth-order valence-corrected chi connectivity index (χ4v) is 0. The van der Waals surface area contributed by atoms with E-state index in [9.17, 15) is 0 Å². The number of hydrogen-bond donors (Lipinski definition) is 0. The quantitative estimate of drug-likeness (QED) is 0.429. The average Bonchev–Trinajstić information content (AvgIpc) is 1.92. The van der Waals surface area contributed by atoms with Crippen molar-refractivity contribution in [1.82, 2.24) is 0 Å². The summed E-state index contributed by atoms with van der Waals surface area (Å²) in [5, 5.41) is 0. The molecule has 0 amide bonds. The van der Waals surface area contributed by atoms with Crippen LogP contribution in [0.5, 0.6) is 0 Å². The van der Waals surface area contributed by atoms with Crippen LogP contribution < -0.4 is 0 Å². The Balaban J connectivity index is -0.0000000356. The van der Waals surface area contributed by atoms with Gasteiger partial charge in [0.2, 0.25) is 0 Å². The Morgan fingerprint density at radius 3 is 0.750 bits per heavy atom. The summed E-state index contributed by atoms with van der Waals surface area (Å²) in [6.45, 7) is 18.0. The number of allylic oxidation sites excluding steroid dienone is 1. The lowest BCUT2D eigenvalue weighted by atomic mass is 10.6. The van der Waals surface area contributed by atoms with Gasteiger partial charge in [-0.05, 0) is 6.92 Å². The topological polar surface area (TPSA) is 0 Å². The van der Waals surface area contributed by atoms with Gasteiger partial charge in [-0.15, -0.1) is 6.58 Å². The zero-order chi connectivity index (χ0) is 10.8. The van der Waals surface area contributed by atoms with Gasteiger partial charge >= 0.3 is 0 Å². The molecule has 0 radical (unpaired) electrons. The van der Waals surface area contributed by atoms with E-state index in [0.29, 0.717) is 0 Å². The molecular weight excluding hydrogens is 144 g/mol. The second kappa shape index (κ2) is 72.8. The van der Waals surface area contributed by atoms with Crippen LogP contribution in [0.2, 0.25) is 0 Å². The summed E-state index contributed by atoms with van der Waals surface area (Å²) in [6.07, 6.45) is 5.50. The van der Waals surface area contributed by atoms with Crippen LogP contribution in [0, 0.1) is 0 Å². The second-order valence-electron chi connectivity index (χ2n) is 2.53. The maximum atomic E-state index is 3.36. The van der Waals surface area contributed by atoms with Crippen molar-refractivity contribution < 1.29 is 0 Å². The molecule has 0 saturated carbocycles. The van der Waals surface area contributed by atoms with E-state index < -0.39 is 0 Å². The van der Waals surface area contributed by atoms with Gasteiger partial charge in [-0.2, -0.15) is 0 Å². The first-order valence-corrected chi connectivity index (χ1v) is 5.23. The largest absolute Gasteiger partial charge is 0.103 e. The minimum absolute atomic E-state index is 1.25. The molecule has 0 fully saturated rings. The van der Waals surface area contributed by atoms with Gasteiger partial charge in [-0.3, -0.25) is 0 Å². The fraction of sp³-hybridized carbons (Fsp3) is 0.833. The van der Waals surface area contributed by atoms with Crippen molar-refractivity contribution >= 4 is 0 Å². The van der Waals surface area contributed by atoms with Crippen molar-refractivity contribution in [2.24, 2.45) is 0 Å². The molecule has 0 aromatic heterocycles. The van der Waals surface area contributed by atoms with Crippen LogP contribution in [-0.2, 0) is 0 Å². The van der Waals surface area contributed by atoms with E-state index in [4.69, 9.17) is 0 Å². The Morgan fingerprint density at radius 2 is 0.750 bits per heavy atom. The normalized spacial score (nSPS) is 5.58. The number of rotatable bonds is 0. The molecule has 0 aliphatic heterocycles. The Morgan fingerprint density at radius 1 is 0.750 bits per heavy atom. The van der Waals surface area contributed by atoms with E-state index in [2.05, 4.69) is 48.1 Å². The Kier molecular flexibility index (Phi) is 137. The highest BCUT2D eigenvalue weighted by Crippen LogP contribution is 1.56. The van der Waals surface area contributed by atoms with E-state index in [1.54, 1.807) is 6.08 Å². The molecule has 0 aromatic rings. The standard InChI is InChI=1S/3C3H8.C3H6/c4*1-3-2/h3*3H2,1-2H3;3H,1H2,2H3. The van der Waals surface area contributed by atoms with Gasteiger partial charge in [-0.25, -0.2) is 0 Å². The lowest BCUT2D eigenvalue weighted by Crippen LogP contribution is -1.27. The Labute approximate surface area is 81.1 Å². The van der Waals surface area contributed by atoms with Gasteiger partial charge in [0.05, 0.1) is 0 Å².